The summed E-state index contributed by atoms with van der Waals surface area (Å²) in [5, 5.41) is 3.93. The summed E-state index contributed by atoms with van der Waals surface area (Å²) >= 11 is 0. The molecule has 0 aromatic rings. The molecule has 0 amide bonds. The van der Waals surface area contributed by atoms with Crippen LogP contribution in [0.2, 0.25) is 0 Å². The zero-order valence-corrected chi connectivity index (χ0v) is 14.6. The Morgan fingerprint density at radius 1 is 1.10 bits per heavy atom. The highest BCUT2D eigenvalue weighted by atomic mass is 16.6. The Morgan fingerprint density at radius 2 is 1.71 bits per heavy atom. The quantitative estimate of drug-likeness (QED) is 0.371. The number of hydrogen-bond donors (Lipinski definition) is 0. The van der Waals surface area contributed by atoms with Crippen LogP contribution in [0, 0.1) is 0 Å². The monoisotopic (exact) mass is 297 g/mol. The van der Waals surface area contributed by atoms with Crippen LogP contribution >= 0.6 is 0 Å². The van der Waals surface area contributed by atoms with Gasteiger partial charge in [-0.15, -0.1) is 0 Å². The molecule has 21 heavy (non-hydrogen) atoms. The van der Waals surface area contributed by atoms with Gasteiger partial charge in [0.15, 0.2) is 0 Å². The van der Waals surface area contributed by atoms with Crippen LogP contribution in [0.25, 0.3) is 0 Å². The van der Waals surface area contributed by atoms with Crippen molar-refractivity contribution in [1.29, 1.82) is 0 Å². The van der Waals surface area contributed by atoms with Crippen LogP contribution in [0.1, 0.15) is 46.0 Å². The van der Waals surface area contributed by atoms with Gasteiger partial charge in [0.25, 0.3) is 0 Å². The Kier molecular flexibility index (Phi) is 13.5. The Morgan fingerprint density at radius 3 is 2.29 bits per heavy atom. The van der Waals surface area contributed by atoms with Gasteiger partial charge < -0.3 is 14.6 Å². The molecule has 0 unspecified atom stereocenters. The van der Waals surface area contributed by atoms with Crippen molar-refractivity contribution in [1.82, 2.24) is 9.80 Å². The van der Waals surface area contributed by atoms with Crippen molar-refractivity contribution in [2.24, 2.45) is 5.16 Å². The lowest BCUT2D eigenvalue weighted by Crippen LogP contribution is -2.44. The van der Waals surface area contributed by atoms with Crippen molar-refractivity contribution >= 4 is 5.71 Å². The van der Waals surface area contributed by atoms with Gasteiger partial charge in [-0.1, -0.05) is 38.4 Å². The molecule has 0 spiro atoms. The second-order valence-electron chi connectivity index (χ2n) is 5.28. The smallest absolute Gasteiger partial charge is 0.106 e. The zero-order chi connectivity index (χ0) is 15.9. The minimum atomic E-state index is 0.960. The van der Waals surface area contributed by atoms with Crippen LogP contribution in [-0.2, 0) is 4.84 Å². The van der Waals surface area contributed by atoms with E-state index in [2.05, 4.69) is 28.6 Å². The molecule has 4 heteroatoms. The predicted octanol–water partition coefficient (Wildman–Crippen LogP) is 3.40. The summed E-state index contributed by atoms with van der Waals surface area (Å²) in [6.07, 6.45) is 7.83. The summed E-state index contributed by atoms with van der Waals surface area (Å²) in [7, 11) is 3.79. The van der Waals surface area contributed by atoms with Gasteiger partial charge in [-0.3, -0.25) is 0 Å². The maximum atomic E-state index is 4.77. The highest BCUT2D eigenvalue weighted by molar-refractivity contribution is 5.93. The van der Waals surface area contributed by atoms with Crippen molar-refractivity contribution in [3.05, 3.63) is 12.7 Å². The molecule has 1 aliphatic rings. The second-order valence-corrected chi connectivity index (χ2v) is 5.28. The first-order valence-corrected chi connectivity index (χ1v) is 8.39. The van der Waals surface area contributed by atoms with Crippen molar-refractivity contribution < 1.29 is 4.84 Å². The molecule has 0 saturated carbocycles. The third-order valence-electron chi connectivity index (χ3n) is 3.70. The van der Waals surface area contributed by atoms with E-state index in [0.717, 1.165) is 12.1 Å². The van der Waals surface area contributed by atoms with E-state index in [4.69, 9.17) is 4.84 Å². The molecule has 0 aromatic heterocycles. The average molecular weight is 297 g/mol. The van der Waals surface area contributed by atoms with Crippen LogP contribution in [0.5, 0.6) is 0 Å². The Balaban J connectivity index is 0.00000191. The van der Waals surface area contributed by atoms with Crippen LogP contribution in [-0.4, -0.2) is 62.4 Å². The first-order chi connectivity index (χ1) is 10.3. The van der Waals surface area contributed by atoms with E-state index < -0.39 is 0 Å². The lowest BCUT2D eigenvalue weighted by Gasteiger charge is -2.32. The van der Waals surface area contributed by atoms with E-state index in [0.29, 0.717) is 0 Å². The molecular weight excluding hydrogens is 262 g/mol. The predicted molar refractivity (Wildman–Crippen MR) is 93.0 cm³/mol. The number of piperazine rings is 1. The molecule has 0 N–H and O–H groups in total. The highest BCUT2D eigenvalue weighted by Crippen LogP contribution is 2.07. The number of oxime groups is 1. The van der Waals surface area contributed by atoms with Gasteiger partial charge in [0, 0.05) is 26.2 Å². The number of likely N-dealkylation sites (N-methyl/N-ethyl adjacent to an activating group) is 1. The fourth-order valence-electron chi connectivity index (χ4n) is 2.37. The van der Waals surface area contributed by atoms with Crippen molar-refractivity contribution in [3.63, 3.8) is 0 Å². The van der Waals surface area contributed by atoms with Crippen molar-refractivity contribution in [3.8, 4) is 0 Å². The molecule has 1 fully saturated rings. The van der Waals surface area contributed by atoms with Crippen molar-refractivity contribution in [2.75, 3.05) is 46.9 Å². The van der Waals surface area contributed by atoms with E-state index in [1.54, 1.807) is 13.2 Å². The summed E-state index contributed by atoms with van der Waals surface area (Å²) < 4.78 is 0. The minimum absolute atomic E-state index is 0.960. The Labute approximate surface area is 131 Å². The minimum Gasteiger partial charge on any atom is -0.399 e. The highest BCUT2D eigenvalue weighted by Gasteiger charge is 2.12. The maximum absolute atomic E-state index is 4.77. The summed E-state index contributed by atoms with van der Waals surface area (Å²) in [5.41, 5.74) is 0.960. The van der Waals surface area contributed by atoms with Gasteiger partial charge in [0.2, 0.25) is 0 Å². The molecule has 1 aliphatic heterocycles. The molecule has 0 radical (unpaired) electrons. The molecule has 4 nitrogen and oxygen atoms in total. The second kappa shape index (κ2) is 14.1. The largest absolute Gasteiger partial charge is 0.399 e. The third kappa shape index (κ3) is 10.5. The van der Waals surface area contributed by atoms with Crippen LogP contribution in [0.4, 0.5) is 0 Å². The molecule has 124 valence electrons. The van der Waals surface area contributed by atoms with E-state index in [9.17, 15) is 0 Å². The molecule has 1 rings (SSSR count). The number of rotatable bonds is 9. The third-order valence-corrected chi connectivity index (χ3v) is 3.70. The molecule has 1 heterocycles. The van der Waals surface area contributed by atoms with Crippen molar-refractivity contribution in [2.45, 2.75) is 46.0 Å². The SMILES string of the molecule is C=C/C(CCCCCCN1CCN(C)CC1)=N\OC.CC. The van der Waals surface area contributed by atoms with E-state index >= 15 is 0 Å². The maximum Gasteiger partial charge on any atom is 0.106 e. The fourth-order valence-corrected chi connectivity index (χ4v) is 2.37. The van der Waals surface area contributed by atoms with Gasteiger partial charge >= 0.3 is 0 Å². The van der Waals surface area contributed by atoms with E-state index in [1.807, 2.05) is 13.8 Å². The number of nitrogens with zero attached hydrogens (tertiary/aromatic N) is 3. The standard InChI is InChI=1S/C15H29N3O.C2H6/c1-4-15(16-19-3)9-7-5-6-8-10-18-13-11-17(2)12-14-18;1-2/h4H,1,5-14H2,2-3H3;1-2H3/b16-15+;. The average Bonchev–Trinajstić information content (AvgIpc) is 2.53. The normalized spacial score (nSPS) is 17.0. The topological polar surface area (TPSA) is 28.1 Å². The van der Waals surface area contributed by atoms with E-state index in [-0.39, 0.29) is 0 Å². The Bertz CT molecular complexity index is 271. The molecule has 0 aromatic carbocycles. The number of allylic oxidation sites excluding steroid dienone is 1. The molecule has 0 aliphatic carbocycles. The summed E-state index contributed by atoms with van der Waals surface area (Å²) in [4.78, 5) is 9.76. The molecule has 1 saturated heterocycles. The van der Waals surface area contributed by atoms with Gasteiger partial charge in [-0.25, -0.2) is 0 Å². The molecule has 0 bridgehead atoms. The number of unbranched alkanes of at least 4 members (excludes halogenated alkanes) is 3. The lowest BCUT2D eigenvalue weighted by atomic mass is 10.1. The summed E-state index contributed by atoms with van der Waals surface area (Å²) in [6.45, 7) is 13.9. The summed E-state index contributed by atoms with van der Waals surface area (Å²) in [5.74, 6) is 0. The lowest BCUT2D eigenvalue weighted by molar-refractivity contribution is 0.152. The number of hydrogen-bond acceptors (Lipinski definition) is 4. The van der Waals surface area contributed by atoms with Gasteiger partial charge in [0.1, 0.15) is 7.11 Å². The van der Waals surface area contributed by atoms with Gasteiger partial charge in [-0.05, 0) is 38.9 Å². The molecule has 0 atom stereocenters. The van der Waals surface area contributed by atoms with E-state index in [1.165, 1.54) is 58.4 Å². The fraction of sp³-hybridized carbons (Fsp3) is 0.824. The zero-order valence-electron chi connectivity index (χ0n) is 14.6. The van der Waals surface area contributed by atoms with Crippen LogP contribution in [0.15, 0.2) is 17.8 Å². The van der Waals surface area contributed by atoms with Gasteiger partial charge in [-0.2, -0.15) is 0 Å². The van der Waals surface area contributed by atoms with Gasteiger partial charge in [0.05, 0.1) is 5.71 Å². The Hall–Kier alpha value is -0.870. The summed E-state index contributed by atoms with van der Waals surface area (Å²) in [6, 6.07) is 0. The first kappa shape index (κ1) is 20.1. The first-order valence-electron chi connectivity index (χ1n) is 8.39. The van der Waals surface area contributed by atoms with Crippen LogP contribution in [0.3, 0.4) is 0 Å². The molecular formula is C17H35N3O. The van der Waals surface area contributed by atoms with Crippen LogP contribution < -0.4 is 0 Å².